The van der Waals surface area contributed by atoms with Gasteiger partial charge in [-0.2, -0.15) is 10.5 Å². The molecule has 0 unspecified atom stereocenters. The molecule has 0 radical (unpaired) electrons. The standard InChI is InChI=1S/C51H29NO.C47H27NO/c52-30-31-19-24-42-44-18-8-17-43-36(25-26-49(51(43)44)53-50(42)27-31)33-20-22-34(23-21-33)45-28-47-41-15-6-5-14-40(41)46(29-48(47)39-13-4-3-12-38(39)45)37-16-7-10-32-9-1-2-11-35(32)37;48-28-29-17-22-38-40-16-8-15-39-33(23-24-45(47(39)40)49-46(38)25-29)31-18-20-32(21-19-31)42-27-44-36-13-6-4-11-34(36)41(30-9-2-1-3-10-30)26-43(44)37-14-7-5-12-35(37)42/h1-29H;1-27H. The summed E-state index contributed by atoms with van der Waals surface area (Å²) in [7, 11) is 0. The van der Waals surface area contributed by atoms with Crippen LogP contribution >= 0.6 is 0 Å². The van der Waals surface area contributed by atoms with Crippen molar-refractivity contribution in [3.63, 3.8) is 0 Å². The molecule has 0 saturated heterocycles. The van der Waals surface area contributed by atoms with E-state index in [9.17, 15) is 10.5 Å². The lowest BCUT2D eigenvalue weighted by molar-refractivity contribution is 0.486. The Morgan fingerprint density at radius 2 is 0.490 bits per heavy atom. The molecule has 0 bridgehead atoms. The van der Waals surface area contributed by atoms with Crippen molar-refractivity contribution >= 4 is 97.0 Å². The fraction of sp³-hybridized carbons (Fsp3) is 0. The van der Waals surface area contributed by atoms with Crippen LogP contribution in [0.3, 0.4) is 0 Å². The molecule has 102 heavy (non-hydrogen) atoms. The topological polar surface area (TPSA) is 66.0 Å². The molecular weight excluding hydrogens is 1240 g/mol. The highest BCUT2D eigenvalue weighted by Crippen LogP contribution is 2.52. The molecule has 19 aromatic rings. The lowest BCUT2D eigenvalue weighted by Crippen LogP contribution is -1.98. The highest BCUT2D eigenvalue weighted by molar-refractivity contribution is 6.26. The Morgan fingerprint density at radius 3 is 0.922 bits per heavy atom. The number of hydrogen-bond acceptors (Lipinski definition) is 4. The lowest BCUT2D eigenvalue weighted by Gasteiger charge is -2.22. The van der Waals surface area contributed by atoms with Gasteiger partial charge in [0, 0.05) is 21.9 Å². The van der Waals surface area contributed by atoms with Crippen LogP contribution in [-0.4, -0.2) is 0 Å². The van der Waals surface area contributed by atoms with Crippen LogP contribution in [0, 0.1) is 22.7 Å². The average Bonchev–Trinajstić information content (AvgIpc) is 0.750. The summed E-state index contributed by atoms with van der Waals surface area (Å²) in [6, 6.07) is 126. The maximum atomic E-state index is 9.46. The van der Waals surface area contributed by atoms with Crippen LogP contribution in [0.2, 0.25) is 0 Å². The third-order valence-corrected chi connectivity index (χ3v) is 21.2. The minimum atomic E-state index is 0.592. The first kappa shape index (κ1) is 58.3. The van der Waals surface area contributed by atoms with E-state index in [1.165, 1.54) is 120 Å². The molecule has 19 aromatic carbocycles. The summed E-state index contributed by atoms with van der Waals surface area (Å²) in [4.78, 5) is 0. The molecule has 2 aliphatic heterocycles. The van der Waals surface area contributed by atoms with E-state index in [4.69, 9.17) is 9.47 Å². The number of hydrogen-bond donors (Lipinski definition) is 0. The van der Waals surface area contributed by atoms with E-state index in [-0.39, 0.29) is 0 Å². The predicted molar refractivity (Wildman–Crippen MR) is 424 cm³/mol. The number of ether oxygens (including phenoxy) is 2. The van der Waals surface area contributed by atoms with Crippen molar-refractivity contribution in [3.8, 4) is 124 Å². The van der Waals surface area contributed by atoms with E-state index >= 15 is 0 Å². The van der Waals surface area contributed by atoms with Crippen molar-refractivity contribution in [2.24, 2.45) is 0 Å². The molecule has 2 heterocycles. The van der Waals surface area contributed by atoms with Crippen molar-refractivity contribution in [2.45, 2.75) is 0 Å². The van der Waals surface area contributed by atoms with Crippen LogP contribution in [0.1, 0.15) is 11.1 Å². The number of rotatable bonds is 6. The fourth-order valence-corrected chi connectivity index (χ4v) is 16.5. The van der Waals surface area contributed by atoms with Crippen LogP contribution < -0.4 is 9.47 Å². The normalized spacial score (nSPS) is 11.9. The summed E-state index contributed by atoms with van der Waals surface area (Å²) < 4.78 is 12.7. The predicted octanol–water partition coefficient (Wildman–Crippen LogP) is 27.0. The fourth-order valence-electron chi connectivity index (χ4n) is 16.5. The second-order valence-corrected chi connectivity index (χ2v) is 26.6. The molecule has 0 amide bonds. The second kappa shape index (κ2) is 23.4. The number of nitrogens with zero attached hydrogens (tertiary/aromatic N) is 2. The van der Waals surface area contributed by atoms with Crippen LogP contribution in [0.25, 0.3) is 186 Å². The zero-order chi connectivity index (χ0) is 67.5. The van der Waals surface area contributed by atoms with Gasteiger partial charge >= 0.3 is 0 Å². The minimum Gasteiger partial charge on any atom is -0.456 e. The number of nitriles is 2. The highest BCUT2D eigenvalue weighted by Gasteiger charge is 2.26. The average molecular weight is 1290 g/mol. The van der Waals surface area contributed by atoms with Gasteiger partial charge in [0.15, 0.2) is 0 Å². The molecule has 0 atom stereocenters. The van der Waals surface area contributed by atoms with E-state index < -0.39 is 0 Å². The molecule has 0 aromatic heterocycles. The van der Waals surface area contributed by atoms with Gasteiger partial charge in [0.25, 0.3) is 0 Å². The third kappa shape index (κ3) is 9.29. The lowest BCUT2D eigenvalue weighted by atomic mass is 9.86. The van der Waals surface area contributed by atoms with Crippen LogP contribution in [0.15, 0.2) is 340 Å². The largest absolute Gasteiger partial charge is 0.456 e. The van der Waals surface area contributed by atoms with Gasteiger partial charge in [0.2, 0.25) is 0 Å². The van der Waals surface area contributed by atoms with Gasteiger partial charge in [0.1, 0.15) is 23.0 Å². The first-order chi connectivity index (χ1) is 50.5. The van der Waals surface area contributed by atoms with Crippen LogP contribution in [-0.2, 0) is 0 Å². The summed E-state index contributed by atoms with van der Waals surface area (Å²) in [6.45, 7) is 0. The molecule has 0 N–H and O–H groups in total. The summed E-state index contributed by atoms with van der Waals surface area (Å²) in [5.41, 5.74) is 19.9. The Morgan fingerprint density at radius 1 is 0.176 bits per heavy atom. The van der Waals surface area contributed by atoms with E-state index in [0.29, 0.717) is 11.1 Å². The van der Waals surface area contributed by atoms with Crippen molar-refractivity contribution in [2.75, 3.05) is 0 Å². The van der Waals surface area contributed by atoms with Gasteiger partial charge in [0.05, 0.1) is 23.3 Å². The summed E-state index contributed by atoms with van der Waals surface area (Å²) in [5, 5.41) is 41.0. The second-order valence-electron chi connectivity index (χ2n) is 26.6. The Balaban J connectivity index is 0.000000137. The zero-order valence-electron chi connectivity index (χ0n) is 55.0. The van der Waals surface area contributed by atoms with Gasteiger partial charge in [-0.1, -0.05) is 267 Å². The van der Waals surface area contributed by atoms with Crippen molar-refractivity contribution < 1.29 is 9.47 Å². The molecule has 2 aliphatic rings. The Kier molecular flexibility index (Phi) is 13.4. The molecule has 4 nitrogen and oxygen atoms in total. The van der Waals surface area contributed by atoms with Gasteiger partial charge in [-0.05, 0) is 237 Å². The van der Waals surface area contributed by atoms with Crippen molar-refractivity contribution in [1.29, 1.82) is 10.5 Å². The first-order valence-electron chi connectivity index (χ1n) is 34.5. The molecule has 0 saturated carbocycles. The van der Waals surface area contributed by atoms with E-state index in [1.807, 2.05) is 36.4 Å². The molecular formula is C98H56N2O2. The molecule has 0 aliphatic carbocycles. The molecule has 0 fully saturated rings. The molecule has 0 spiro atoms. The van der Waals surface area contributed by atoms with Crippen molar-refractivity contribution in [1.82, 2.24) is 0 Å². The van der Waals surface area contributed by atoms with Crippen LogP contribution in [0.4, 0.5) is 0 Å². The van der Waals surface area contributed by atoms with Gasteiger partial charge in [-0.15, -0.1) is 0 Å². The van der Waals surface area contributed by atoms with E-state index in [0.717, 1.165) is 89.1 Å². The van der Waals surface area contributed by atoms with Crippen molar-refractivity contribution in [3.05, 3.63) is 351 Å². The van der Waals surface area contributed by atoms with Crippen LogP contribution in [0.5, 0.6) is 23.0 Å². The highest BCUT2D eigenvalue weighted by atomic mass is 16.5. The summed E-state index contributed by atoms with van der Waals surface area (Å²) >= 11 is 0. The zero-order valence-corrected chi connectivity index (χ0v) is 55.0. The maximum Gasteiger partial charge on any atom is 0.136 e. The maximum absolute atomic E-state index is 9.46. The summed E-state index contributed by atoms with van der Waals surface area (Å²) in [6.07, 6.45) is 0. The SMILES string of the molecule is N#Cc1ccc2c(c1)Oc1ccc(-c3ccc(-c4cc5c6ccccc6c(-c6cccc7ccccc67)cc5c5ccccc45)cc3)c3cccc-2c13.N#Cc1ccc2c(c1)Oc1ccc(-c3ccc(-c4cc5c6ccccc6c(-c6ccccc6)cc5c5ccccc45)cc3)c3cccc-2c13. The van der Waals surface area contributed by atoms with Gasteiger partial charge < -0.3 is 9.47 Å². The summed E-state index contributed by atoms with van der Waals surface area (Å²) in [5.74, 6) is 3.08. The molecule has 470 valence electrons. The van der Waals surface area contributed by atoms with Gasteiger partial charge in [-0.25, -0.2) is 0 Å². The Hall–Kier alpha value is -13.9. The van der Waals surface area contributed by atoms with Gasteiger partial charge in [-0.3, -0.25) is 0 Å². The van der Waals surface area contributed by atoms with E-state index in [2.05, 4.69) is 315 Å². The third-order valence-electron chi connectivity index (χ3n) is 21.2. The monoisotopic (exact) mass is 1290 g/mol. The smallest absolute Gasteiger partial charge is 0.136 e. The molecule has 21 rings (SSSR count). The Labute approximate surface area is 588 Å². The Bertz CT molecular complexity index is 6870. The molecule has 4 heteroatoms. The minimum absolute atomic E-state index is 0.592. The number of fused-ring (bicyclic) bond motifs is 15. The number of benzene rings is 19. The van der Waals surface area contributed by atoms with E-state index in [1.54, 1.807) is 0 Å². The first-order valence-corrected chi connectivity index (χ1v) is 34.5. The quantitative estimate of drug-likeness (QED) is 0.156.